The third kappa shape index (κ3) is 6.02. The maximum atomic E-state index is 13.9. The molecule has 12 heteroatoms. The number of rotatable bonds is 8. The lowest BCUT2D eigenvalue weighted by molar-refractivity contribution is -0.487. The molecule has 1 atom stereocenters. The van der Waals surface area contributed by atoms with Crippen molar-refractivity contribution in [3.63, 3.8) is 0 Å². The van der Waals surface area contributed by atoms with Crippen molar-refractivity contribution in [2.75, 3.05) is 29.9 Å². The first-order valence-electron chi connectivity index (χ1n) is 13.0. The van der Waals surface area contributed by atoms with Crippen LogP contribution < -0.4 is 25.6 Å². The van der Waals surface area contributed by atoms with Gasteiger partial charge < -0.3 is 25.4 Å². The second-order valence-corrected chi connectivity index (χ2v) is 10.4. The van der Waals surface area contributed by atoms with E-state index in [9.17, 15) is 18.7 Å². The summed E-state index contributed by atoms with van der Waals surface area (Å²) in [5.41, 5.74) is 0.982. The average Bonchev–Trinajstić information content (AvgIpc) is 2.91. The Morgan fingerprint density at radius 1 is 1.32 bits per heavy atom. The Balaban J connectivity index is 1.40. The number of anilines is 3. The van der Waals surface area contributed by atoms with E-state index in [1.807, 2.05) is 17.0 Å². The first-order chi connectivity index (χ1) is 19.0. The number of piperidine rings is 1. The van der Waals surface area contributed by atoms with E-state index in [1.165, 1.54) is 6.20 Å². The van der Waals surface area contributed by atoms with Gasteiger partial charge in [-0.05, 0) is 32.0 Å². The van der Waals surface area contributed by atoms with Crippen molar-refractivity contribution < 1.29 is 28.7 Å². The number of aliphatic hydroxyl groups is 1. The number of nitrogens with zero attached hydrogens (tertiary/aromatic N) is 4. The summed E-state index contributed by atoms with van der Waals surface area (Å²) in [4.78, 5) is 28.2. The number of nitrogens with two attached hydrogens (primary N) is 1. The molecule has 2 aliphatic rings. The van der Waals surface area contributed by atoms with Gasteiger partial charge in [-0.15, -0.1) is 6.58 Å². The molecule has 0 radical (unpaired) electrons. The van der Waals surface area contributed by atoms with Crippen LogP contribution in [-0.4, -0.2) is 57.6 Å². The lowest BCUT2D eigenvalue weighted by Crippen LogP contribution is -2.73. The number of carbonyl (C=O) groups is 1. The standard InChI is InChI=1S/C28H31F2N7O3/c1-4-11-31-25(38)19-15-32-26(36-24(19)35-23-7-5-6-22(34-23)27(2,3)39)33-17-8-9-20-21(13-17)40-16-18-14-28(29,30)10-12-37(18)20/h4-9,13,15,18,39H,1,10-12,14,16H2,2-3H3,(H,31,38)(H2,32,33,34,35,36)/p+1. The number of hydrogen-bond acceptors (Lipinski definition) is 8. The van der Waals surface area contributed by atoms with Gasteiger partial charge in [-0.1, -0.05) is 12.1 Å². The summed E-state index contributed by atoms with van der Waals surface area (Å²) in [5, 5.41) is 17.9. The molecule has 3 aromatic rings. The second-order valence-electron chi connectivity index (χ2n) is 10.4. The van der Waals surface area contributed by atoms with Gasteiger partial charge in [0, 0.05) is 43.8 Å². The maximum absolute atomic E-state index is 13.9. The molecule has 1 amide bonds. The molecule has 1 saturated heterocycles. The zero-order chi connectivity index (χ0) is 28.5. The van der Waals surface area contributed by atoms with Crippen LogP contribution in [0.1, 0.15) is 42.7 Å². The van der Waals surface area contributed by atoms with Crippen LogP contribution in [0.15, 0.2) is 55.3 Å². The molecular weight excluding hydrogens is 520 g/mol. The zero-order valence-corrected chi connectivity index (χ0v) is 22.3. The summed E-state index contributed by atoms with van der Waals surface area (Å²) in [6, 6.07) is 10.3. The fraction of sp³-hybridized carbons (Fsp3) is 0.357. The Kier molecular flexibility index (Phi) is 7.39. The minimum atomic E-state index is -2.67. The molecular formula is C28H32F2N7O3+. The van der Waals surface area contributed by atoms with E-state index in [0.29, 0.717) is 28.8 Å². The number of fused-ring (bicyclic) bond motifs is 3. The molecule has 210 valence electrons. The Hall–Kier alpha value is -4.16. The molecule has 0 bridgehead atoms. The van der Waals surface area contributed by atoms with Crippen LogP contribution in [0.4, 0.5) is 37.7 Å². The van der Waals surface area contributed by atoms with Gasteiger partial charge >= 0.3 is 0 Å². The Labute approximate surface area is 230 Å². The van der Waals surface area contributed by atoms with Gasteiger partial charge in [0.05, 0.1) is 23.6 Å². The molecule has 2 aromatic heterocycles. The first kappa shape index (κ1) is 27.4. The van der Waals surface area contributed by atoms with Gasteiger partial charge in [0.25, 0.3) is 11.8 Å². The van der Waals surface area contributed by atoms with Crippen LogP contribution in [-0.2, 0) is 5.60 Å². The highest BCUT2D eigenvalue weighted by Crippen LogP contribution is 2.42. The number of alkyl halides is 2. The van der Waals surface area contributed by atoms with Crippen molar-refractivity contribution >= 4 is 34.9 Å². The quantitative estimate of drug-likeness (QED) is 0.314. The van der Waals surface area contributed by atoms with E-state index < -0.39 is 11.5 Å². The van der Waals surface area contributed by atoms with Crippen LogP contribution in [0.3, 0.4) is 0 Å². The maximum Gasteiger partial charge on any atom is 0.261 e. The third-order valence-electron chi connectivity index (χ3n) is 6.80. The number of hydrogen-bond donors (Lipinski definition) is 4. The number of quaternary nitrogens is 1. The highest BCUT2D eigenvalue weighted by atomic mass is 19.3. The van der Waals surface area contributed by atoms with Crippen LogP contribution in [0.25, 0.3) is 0 Å². The van der Waals surface area contributed by atoms with Crippen LogP contribution in [0.2, 0.25) is 0 Å². The summed E-state index contributed by atoms with van der Waals surface area (Å²) in [7, 11) is 0. The van der Waals surface area contributed by atoms with Crippen molar-refractivity contribution in [3.8, 4) is 5.75 Å². The zero-order valence-electron chi connectivity index (χ0n) is 22.3. The first-order valence-corrected chi connectivity index (χ1v) is 13.0. The van der Waals surface area contributed by atoms with Gasteiger partial charge in [0.15, 0.2) is 0 Å². The molecule has 4 heterocycles. The van der Waals surface area contributed by atoms with E-state index in [2.05, 4.69) is 32.2 Å². The molecule has 0 aliphatic carbocycles. The number of halogens is 2. The average molecular weight is 553 g/mol. The predicted octanol–water partition coefficient (Wildman–Crippen LogP) is 3.28. The minimum absolute atomic E-state index is 0.184. The number of pyridine rings is 1. The van der Waals surface area contributed by atoms with Gasteiger partial charge in [-0.25, -0.2) is 19.1 Å². The highest BCUT2D eigenvalue weighted by Gasteiger charge is 2.43. The third-order valence-corrected chi connectivity index (χ3v) is 6.80. The fourth-order valence-electron chi connectivity index (χ4n) is 4.76. The van der Waals surface area contributed by atoms with Crippen LogP contribution in [0.5, 0.6) is 5.75 Å². The van der Waals surface area contributed by atoms with Crippen molar-refractivity contribution in [1.82, 2.24) is 20.3 Å². The van der Waals surface area contributed by atoms with Crippen LogP contribution in [0, 0.1) is 0 Å². The number of ether oxygens (including phenoxy) is 1. The van der Waals surface area contributed by atoms with Crippen molar-refractivity contribution in [3.05, 3.63) is 66.5 Å². The monoisotopic (exact) mass is 552 g/mol. The second kappa shape index (κ2) is 10.8. The molecule has 40 heavy (non-hydrogen) atoms. The summed E-state index contributed by atoms with van der Waals surface area (Å²) >= 11 is 0. The van der Waals surface area contributed by atoms with E-state index in [4.69, 9.17) is 4.74 Å². The molecule has 10 nitrogen and oxygen atoms in total. The molecule has 1 unspecified atom stereocenters. The van der Waals surface area contributed by atoms with Crippen molar-refractivity contribution in [2.45, 2.75) is 44.3 Å². The number of benzene rings is 1. The number of aromatic nitrogens is 3. The normalized spacial score (nSPS) is 17.7. The van der Waals surface area contributed by atoms with E-state index in [1.54, 1.807) is 49.5 Å². The summed E-state index contributed by atoms with van der Waals surface area (Å²) < 4.78 is 33.6. The van der Waals surface area contributed by atoms with Crippen molar-refractivity contribution in [2.24, 2.45) is 0 Å². The van der Waals surface area contributed by atoms with E-state index >= 15 is 0 Å². The largest absolute Gasteiger partial charge is 0.489 e. The summed E-state index contributed by atoms with van der Waals surface area (Å²) in [5.74, 6) is -1.39. The Morgan fingerprint density at radius 3 is 2.92 bits per heavy atom. The fourth-order valence-corrected chi connectivity index (χ4v) is 4.76. The topological polar surface area (TPSA) is 129 Å². The Morgan fingerprint density at radius 2 is 2.15 bits per heavy atom. The molecule has 5 rings (SSSR count). The number of nitrogens with one attached hydrogen (secondary N) is 2. The number of carbonyl (C=O) groups excluding carboxylic acids is 1. The SMILES string of the molecule is C=CCNC(=O)c1cnc(Nc2ccc3c(c2)OCC2CC(F)(F)CCN32)nc1[NH2+]c1cccc(C(C)(C)O)n1. The summed E-state index contributed by atoms with van der Waals surface area (Å²) in [6.45, 7) is 7.63. The summed E-state index contributed by atoms with van der Waals surface area (Å²) in [6.07, 6.45) is 2.59. The molecule has 1 aromatic carbocycles. The van der Waals surface area contributed by atoms with E-state index in [0.717, 1.165) is 5.69 Å². The lowest BCUT2D eigenvalue weighted by Gasteiger charge is -2.44. The van der Waals surface area contributed by atoms with Gasteiger partial charge in [-0.2, -0.15) is 9.97 Å². The van der Waals surface area contributed by atoms with Crippen molar-refractivity contribution in [1.29, 1.82) is 0 Å². The van der Waals surface area contributed by atoms with Gasteiger partial charge in [-0.3, -0.25) is 4.79 Å². The molecule has 2 aliphatic heterocycles. The van der Waals surface area contributed by atoms with Gasteiger partial charge in [0.1, 0.15) is 23.5 Å². The predicted molar refractivity (Wildman–Crippen MR) is 146 cm³/mol. The highest BCUT2D eigenvalue weighted by molar-refractivity contribution is 5.97. The Bertz CT molecular complexity index is 1430. The molecule has 1 fully saturated rings. The molecule has 0 spiro atoms. The lowest BCUT2D eigenvalue weighted by atomic mass is 9.96. The molecule has 5 N–H and O–H groups in total. The minimum Gasteiger partial charge on any atom is -0.489 e. The molecule has 0 saturated carbocycles. The van der Waals surface area contributed by atoms with Crippen LogP contribution >= 0.6 is 0 Å². The van der Waals surface area contributed by atoms with E-state index in [-0.39, 0.29) is 56.0 Å². The smallest absolute Gasteiger partial charge is 0.261 e. The van der Waals surface area contributed by atoms with Gasteiger partial charge in [0.2, 0.25) is 17.6 Å². The number of amides is 1.